The van der Waals surface area contributed by atoms with Crippen LogP contribution < -0.4 is 10.1 Å². The van der Waals surface area contributed by atoms with Crippen molar-refractivity contribution < 1.29 is 22.3 Å². The second-order valence-electron chi connectivity index (χ2n) is 4.19. The van der Waals surface area contributed by atoms with Gasteiger partial charge in [-0.15, -0.1) is 0 Å². The molecule has 1 aliphatic rings. The molecule has 0 radical (unpaired) electrons. The van der Waals surface area contributed by atoms with E-state index in [9.17, 15) is 17.6 Å². The van der Waals surface area contributed by atoms with Crippen LogP contribution in [0.1, 0.15) is 24.4 Å². The van der Waals surface area contributed by atoms with Crippen LogP contribution in [0.3, 0.4) is 0 Å². The Morgan fingerprint density at radius 3 is 2.72 bits per heavy atom. The molecule has 100 valence electrons. The summed E-state index contributed by atoms with van der Waals surface area (Å²) < 4.78 is 53.6. The zero-order valence-corrected chi connectivity index (χ0v) is 9.51. The molecule has 0 amide bonds. The molecule has 6 heteroatoms. The predicted molar refractivity (Wildman–Crippen MR) is 58.0 cm³/mol. The molecule has 0 unspecified atom stereocenters. The molecule has 0 bridgehead atoms. The van der Waals surface area contributed by atoms with Crippen LogP contribution in [-0.2, 0) is 0 Å². The fraction of sp³-hybridized carbons (Fsp3) is 0.500. The van der Waals surface area contributed by atoms with Crippen LogP contribution in [0.15, 0.2) is 24.3 Å². The van der Waals surface area contributed by atoms with Crippen LogP contribution in [0.4, 0.5) is 17.6 Å². The summed E-state index contributed by atoms with van der Waals surface area (Å²) in [5, 5.41) is 3.19. The lowest BCUT2D eigenvalue weighted by Gasteiger charge is -2.18. The Bertz CT molecular complexity index is 405. The first kappa shape index (κ1) is 13.1. The molecule has 1 atom stereocenters. The lowest BCUT2D eigenvalue weighted by Crippen LogP contribution is -2.33. The van der Waals surface area contributed by atoms with Crippen molar-refractivity contribution in [2.45, 2.75) is 31.4 Å². The molecule has 1 aromatic carbocycles. The molecule has 0 spiro atoms. The molecule has 1 fully saturated rings. The van der Waals surface area contributed by atoms with Crippen LogP contribution in [0.2, 0.25) is 0 Å². The third-order valence-electron chi connectivity index (χ3n) is 2.83. The average molecular weight is 263 g/mol. The zero-order valence-electron chi connectivity index (χ0n) is 9.51. The summed E-state index contributed by atoms with van der Waals surface area (Å²) in [6.45, 7) is 0.864. The first-order valence-corrected chi connectivity index (χ1v) is 5.67. The summed E-state index contributed by atoms with van der Waals surface area (Å²) in [5.74, 6) is -0.244. The lowest BCUT2D eigenvalue weighted by atomic mass is 10.1. The number of benzene rings is 1. The Morgan fingerprint density at radius 1 is 1.33 bits per heavy atom. The molecule has 0 aromatic heterocycles. The first-order valence-electron chi connectivity index (χ1n) is 5.67. The van der Waals surface area contributed by atoms with Crippen molar-refractivity contribution in [1.82, 2.24) is 5.32 Å². The van der Waals surface area contributed by atoms with Crippen molar-refractivity contribution in [3.63, 3.8) is 0 Å². The second kappa shape index (κ2) is 5.14. The largest absolute Gasteiger partial charge is 0.461 e. The lowest BCUT2D eigenvalue weighted by molar-refractivity contribution is -0.253. The second-order valence-corrected chi connectivity index (χ2v) is 4.19. The van der Waals surface area contributed by atoms with Gasteiger partial charge in [0, 0.05) is 6.04 Å². The van der Waals surface area contributed by atoms with Gasteiger partial charge in [0.2, 0.25) is 0 Å². The molecule has 0 aliphatic carbocycles. The van der Waals surface area contributed by atoms with Crippen molar-refractivity contribution in [1.29, 1.82) is 0 Å². The van der Waals surface area contributed by atoms with Gasteiger partial charge < -0.3 is 10.1 Å². The highest BCUT2D eigenvalue weighted by molar-refractivity contribution is 5.31. The zero-order chi connectivity index (χ0) is 13.2. The standard InChI is InChI=1S/C12H13F4NO/c13-11(14)12(15,16)18-9-4-1-3-8(7-9)10-5-2-6-17-10/h1,3-4,7,10-11,17H,2,5-6H2/t10-/m1/s1. The van der Waals surface area contributed by atoms with Gasteiger partial charge in [0.1, 0.15) is 5.75 Å². The van der Waals surface area contributed by atoms with Gasteiger partial charge >= 0.3 is 12.5 Å². The van der Waals surface area contributed by atoms with Crippen molar-refractivity contribution >= 4 is 0 Å². The number of ether oxygens (including phenoxy) is 1. The summed E-state index contributed by atoms with van der Waals surface area (Å²) in [6, 6.07) is 5.98. The minimum Gasteiger partial charge on any atom is -0.428 e. The molecule has 2 rings (SSSR count). The van der Waals surface area contributed by atoms with E-state index in [2.05, 4.69) is 10.1 Å². The maximum absolute atomic E-state index is 12.8. The van der Waals surface area contributed by atoms with Crippen molar-refractivity contribution in [2.24, 2.45) is 0 Å². The molecule has 18 heavy (non-hydrogen) atoms. The van der Waals surface area contributed by atoms with Crippen molar-refractivity contribution in [2.75, 3.05) is 6.54 Å². The fourth-order valence-corrected chi connectivity index (χ4v) is 1.97. The van der Waals surface area contributed by atoms with E-state index in [1.54, 1.807) is 6.07 Å². The first-order chi connectivity index (χ1) is 8.49. The highest BCUT2D eigenvalue weighted by atomic mass is 19.3. The topological polar surface area (TPSA) is 21.3 Å². The highest BCUT2D eigenvalue weighted by Gasteiger charge is 2.44. The Balaban J connectivity index is 2.12. The van der Waals surface area contributed by atoms with E-state index in [0.717, 1.165) is 24.9 Å². The quantitative estimate of drug-likeness (QED) is 0.841. The SMILES string of the molecule is FC(F)C(F)(F)Oc1cccc([C@H]2CCCN2)c1. The molecular formula is C12H13F4NO. The van der Waals surface area contributed by atoms with Crippen LogP contribution >= 0.6 is 0 Å². The summed E-state index contributed by atoms with van der Waals surface area (Å²) in [4.78, 5) is 0. The fourth-order valence-electron chi connectivity index (χ4n) is 1.97. The molecule has 1 N–H and O–H groups in total. The molecule has 0 saturated carbocycles. The van der Waals surface area contributed by atoms with E-state index >= 15 is 0 Å². The summed E-state index contributed by atoms with van der Waals surface area (Å²) >= 11 is 0. The maximum Gasteiger partial charge on any atom is 0.461 e. The Kier molecular flexibility index (Phi) is 3.75. The number of hydrogen-bond donors (Lipinski definition) is 1. The number of nitrogens with one attached hydrogen (secondary N) is 1. The van der Waals surface area contributed by atoms with Crippen molar-refractivity contribution in [3.05, 3.63) is 29.8 Å². The van der Waals surface area contributed by atoms with E-state index in [1.165, 1.54) is 18.2 Å². The van der Waals surface area contributed by atoms with Crippen molar-refractivity contribution in [3.8, 4) is 5.75 Å². The van der Waals surface area contributed by atoms with Gasteiger partial charge in [0.15, 0.2) is 0 Å². The minimum atomic E-state index is -4.46. The molecule has 2 nitrogen and oxygen atoms in total. The summed E-state index contributed by atoms with van der Waals surface area (Å²) in [5.41, 5.74) is 0.773. The van der Waals surface area contributed by atoms with E-state index in [0.29, 0.717) is 0 Å². The summed E-state index contributed by atoms with van der Waals surface area (Å²) in [7, 11) is 0. The molecule has 1 aliphatic heterocycles. The Labute approximate surface area is 102 Å². The summed E-state index contributed by atoms with van der Waals surface area (Å²) in [6.07, 6.45) is -6.40. The van der Waals surface area contributed by atoms with Gasteiger partial charge in [0.25, 0.3) is 0 Å². The van der Waals surface area contributed by atoms with Crippen LogP contribution in [0, 0.1) is 0 Å². The molecule has 1 aromatic rings. The van der Waals surface area contributed by atoms with Gasteiger partial charge in [-0.2, -0.15) is 17.6 Å². The molecular weight excluding hydrogens is 250 g/mol. The number of alkyl halides is 4. The van der Waals surface area contributed by atoms with E-state index in [4.69, 9.17) is 0 Å². The molecule has 1 heterocycles. The maximum atomic E-state index is 12.8. The van der Waals surface area contributed by atoms with E-state index in [-0.39, 0.29) is 11.8 Å². The van der Waals surface area contributed by atoms with E-state index < -0.39 is 12.5 Å². The van der Waals surface area contributed by atoms with Crippen LogP contribution in [0.25, 0.3) is 0 Å². The van der Waals surface area contributed by atoms with Gasteiger partial charge in [0.05, 0.1) is 0 Å². The van der Waals surface area contributed by atoms with Crippen LogP contribution in [-0.4, -0.2) is 19.1 Å². The monoisotopic (exact) mass is 263 g/mol. The van der Waals surface area contributed by atoms with Gasteiger partial charge in [-0.3, -0.25) is 0 Å². The highest BCUT2D eigenvalue weighted by Crippen LogP contribution is 2.30. The number of halogens is 4. The smallest absolute Gasteiger partial charge is 0.428 e. The third kappa shape index (κ3) is 2.93. The van der Waals surface area contributed by atoms with Gasteiger partial charge in [-0.1, -0.05) is 12.1 Å². The van der Waals surface area contributed by atoms with Crippen LogP contribution in [0.5, 0.6) is 5.75 Å². The van der Waals surface area contributed by atoms with Gasteiger partial charge in [-0.25, -0.2) is 0 Å². The number of hydrogen-bond acceptors (Lipinski definition) is 2. The third-order valence-corrected chi connectivity index (χ3v) is 2.83. The number of rotatable bonds is 4. The van der Waals surface area contributed by atoms with Gasteiger partial charge in [-0.05, 0) is 37.1 Å². The molecule has 1 saturated heterocycles. The Hall–Kier alpha value is -1.30. The Morgan fingerprint density at radius 2 is 2.11 bits per heavy atom. The average Bonchev–Trinajstić information content (AvgIpc) is 2.82. The van der Waals surface area contributed by atoms with E-state index in [1.807, 2.05) is 0 Å². The normalized spacial score (nSPS) is 20.4. The predicted octanol–water partition coefficient (Wildman–Crippen LogP) is 3.35. The minimum absolute atomic E-state index is 0.0775.